The minimum Gasteiger partial charge on any atom is -0.494 e. The summed E-state index contributed by atoms with van der Waals surface area (Å²) in [4.78, 5) is 0. The molecule has 0 fully saturated rings. The molecular weight excluding hydrogens is 322 g/mol. The van der Waals surface area contributed by atoms with Gasteiger partial charge in [0.2, 0.25) is 0 Å². The van der Waals surface area contributed by atoms with Gasteiger partial charge in [0.05, 0.1) is 12.8 Å². The third-order valence-corrected chi connectivity index (χ3v) is 3.73. The van der Waals surface area contributed by atoms with E-state index >= 15 is 0 Å². The predicted molar refractivity (Wildman–Crippen MR) is 98.5 cm³/mol. The fraction of sp³-hybridized carbons (Fsp3) is 0.263. The van der Waals surface area contributed by atoms with Crippen molar-refractivity contribution in [2.75, 3.05) is 6.61 Å². The van der Waals surface area contributed by atoms with Gasteiger partial charge in [0, 0.05) is 12.7 Å². The average Bonchev–Trinajstić information content (AvgIpc) is 3.13. The molecule has 0 atom stereocenters. The summed E-state index contributed by atoms with van der Waals surface area (Å²) in [7, 11) is 0. The summed E-state index contributed by atoms with van der Waals surface area (Å²) in [6.45, 7) is 1.67. The highest BCUT2D eigenvalue weighted by atomic mass is 35.5. The molecular formula is C19H22ClN3O. The van der Waals surface area contributed by atoms with Crippen molar-refractivity contribution < 1.29 is 4.74 Å². The summed E-state index contributed by atoms with van der Waals surface area (Å²) in [5.41, 5.74) is 2.44. The Bertz CT molecular complexity index is 684. The summed E-state index contributed by atoms with van der Waals surface area (Å²) in [5.74, 6) is 0.931. The lowest BCUT2D eigenvalue weighted by Gasteiger charge is -2.07. The van der Waals surface area contributed by atoms with Crippen molar-refractivity contribution in [3.05, 3.63) is 67.0 Å². The van der Waals surface area contributed by atoms with E-state index in [2.05, 4.69) is 46.7 Å². The number of ether oxygens (including phenoxy) is 1. The minimum atomic E-state index is 0. The number of unbranched alkanes of at least 4 members (excludes halogenated alkanes) is 2. The number of nitrogens with zero attached hydrogens (tertiary/aromatic N) is 3. The highest BCUT2D eigenvalue weighted by molar-refractivity contribution is 5.85. The lowest BCUT2D eigenvalue weighted by molar-refractivity contribution is 0.303. The van der Waals surface area contributed by atoms with Crippen molar-refractivity contribution in [2.45, 2.75) is 25.8 Å². The number of halogens is 1. The van der Waals surface area contributed by atoms with Gasteiger partial charge in [0.1, 0.15) is 5.75 Å². The molecule has 0 aliphatic rings. The van der Waals surface area contributed by atoms with Crippen LogP contribution in [0.15, 0.2) is 67.0 Å². The topological polar surface area (TPSA) is 39.9 Å². The molecule has 0 unspecified atom stereocenters. The largest absolute Gasteiger partial charge is 0.494 e. The van der Waals surface area contributed by atoms with Gasteiger partial charge in [-0.2, -0.15) is 0 Å². The van der Waals surface area contributed by atoms with Gasteiger partial charge in [-0.1, -0.05) is 47.7 Å². The van der Waals surface area contributed by atoms with Crippen LogP contribution in [0.25, 0.3) is 11.1 Å². The van der Waals surface area contributed by atoms with E-state index < -0.39 is 0 Å². The van der Waals surface area contributed by atoms with Crippen LogP contribution in [-0.2, 0) is 6.54 Å². The molecule has 0 amide bonds. The lowest BCUT2D eigenvalue weighted by atomic mass is 10.1. The van der Waals surface area contributed by atoms with Gasteiger partial charge >= 0.3 is 0 Å². The molecule has 3 rings (SSSR count). The number of rotatable bonds is 8. The predicted octanol–water partition coefficient (Wildman–Crippen LogP) is 4.62. The number of aryl methyl sites for hydroxylation is 1. The van der Waals surface area contributed by atoms with Gasteiger partial charge in [-0.15, -0.1) is 17.5 Å². The fourth-order valence-electron chi connectivity index (χ4n) is 2.47. The quantitative estimate of drug-likeness (QED) is 0.560. The Hall–Kier alpha value is -2.33. The Balaban J connectivity index is 0.00000208. The van der Waals surface area contributed by atoms with Crippen LogP contribution in [-0.4, -0.2) is 21.6 Å². The first-order valence-corrected chi connectivity index (χ1v) is 8.04. The molecule has 2 aromatic carbocycles. The van der Waals surface area contributed by atoms with E-state index in [1.54, 1.807) is 6.20 Å². The van der Waals surface area contributed by atoms with Crippen LogP contribution in [0.5, 0.6) is 5.75 Å². The van der Waals surface area contributed by atoms with Gasteiger partial charge < -0.3 is 4.74 Å². The highest BCUT2D eigenvalue weighted by Gasteiger charge is 1.98. The molecule has 0 saturated heterocycles. The molecule has 126 valence electrons. The zero-order valence-corrected chi connectivity index (χ0v) is 14.4. The first-order chi connectivity index (χ1) is 11.4. The van der Waals surface area contributed by atoms with Crippen LogP contribution in [0.1, 0.15) is 19.3 Å². The maximum atomic E-state index is 5.80. The molecule has 0 spiro atoms. The van der Waals surface area contributed by atoms with Crippen LogP contribution in [0.3, 0.4) is 0 Å². The van der Waals surface area contributed by atoms with E-state index in [0.29, 0.717) is 0 Å². The molecule has 0 N–H and O–H groups in total. The van der Waals surface area contributed by atoms with Crippen LogP contribution < -0.4 is 4.74 Å². The van der Waals surface area contributed by atoms with E-state index in [4.69, 9.17) is 4.74 Å². The van der Waals surface area contributed by atoms with Gasteiger partial charge in [0.25, 0.3) is 0 Å². The second-order valence-corrected chi connectivity index (χ2v) is 5.47. The first kappa shape index (κ1) is 18.0. The van der Waals surface area contributed by atoms with Crippen LogP contribution in [0.2, 0.25) is 0 Å². The highest BCUT2D eigenvalue weighted by Crippen LogP contribution is 2.22. The minimum absolute atomic E-state index is 0. The molecule has 4 nitrogen and oxygen atoms in total. The van der Waals surface area contributed by atoms with Crippen molar-refractivity contribution in [3.8, 4) is 16.9 Å². The maximum absolute atomic E-state index is 5.80. The molecule has 1 heterocycles. The zero-order valence-electron chi connectivity index (χ0n) is 13.5. The van der Waals surface area contributed by atoms with E-state index in [-0.39, 0.29) is 12.4 Å². The van der Waals surface area contributed by atoms with Gasteiger partial charge in [-0.3, -0.25) is 4.68 Å². The van der Waals surface area contributed by atoms with Crippen LogP contribution in [0, 0.1) is 0 Å². The Morgan fingerprint density at radius 2 is 1.58 bits per heavy atom. The number of benzene rings is 2. The third-order valence-electron chi connectivity index (χ3n) is 3.73. The lowest BCUT2D eigenvalue weighted by Crippen LogP contribution is -2.01. The molecule has 0 aliphatic carbocycles. The van der Waals surface area contributed by atoms with E-state index in [0.717, 1.165) is 38.2 Å². The molecule has 0 saturated carbocycles. The second-order valence-electron chi connectivity index (χ2n) is 5.47. The third kappa shape index (κ3) is 5.39. The summed E-state index contributed by atoms with van der Waals surface area (Å²) >= 11 is 0. The Kier molecular flexibility index (Phi) is 7.30. The van der Waals surface area contributed by atoms with Gasteiger partial charge in [-0.05, 0) is 42.5 Å². The Morgan fingerprint density at radius 1 is 0.833 bits per heavy atom. The molecule has 0 radical (unpaired) electrons. The van der Waals surface area contributed by atoms with Crippen LogP contribution >= 0.6 is 12.4 Å². The van der Waals surface area contributed by atoms with E-state index in [9.17, 15) is 0 Å². The van der Waals surface area contributed by atoms with Crippen molar-refractivity contribution in [1.29, 1.82) is 0 Å². The van der Waals surface area contributed by atoms with Crippen LogP contribution in [0.4, 0.5) is 0 Å². The average molecular weight is 344 g/mol. The molecule has 0 bridgehead atoms. The van der Waals surface area contributed by atoms with E-state index in [1.165, 1.54) is 11.1 Å². The van der Waals surface area contributed by atoms with Crippen molar-refractivity contribution in [2.24, 2.45) is 0 Å². The molecule has 5 heteroatoms. The van der Waals surface area contributed by atoms with E-state index in [1.807, 2.05) is 29.1 Å². The fourth-order valence-corrected chi connectivity index (χ4v) is 2.47. The Morgan fingerprint density at radius 3 is 2.29 bits per heavy atom. The molecule has 1 aromatic heterocycles. The maximum Gasteiger partial charge on any atom is 0.119 e. The van der Waals surface area contributed by atoms with Gasteiger partial charge in [-0.25, -0.2) is 0 Å². The Labute approximate surface area is 148 Å². The van der Waals surface area contributed by atoms with Crippen molar-refractivity contribution in [3.63, 3.8) is 0 Å². The number of aromatic nitrogens is 3. The summed E-state index contributed by atoms with van der Waals surface area (Å²) in [6.07, 6.45) is 6.88. The zero-order chi connectivity index (χ0) is 15.7. The standard InChI is InChI=1S/C19H21N3O.ClH/c1-3-7-17(8-4-1)18-9-11-19(12-10-18)23-16-6-2-5-14-22-15-13-20-21-22;/h1,3-4,7-13,15H,2,5-6,14,16H2;1H. The summed E-state index contributed by atoms with van der Waals surface area (Å²) < 4.78 is 7.66. The normalized spacial score (nSPS) is 10.2. The molecule has 0 aliphatic heterocycles. The second kappa shape index (κ2) is 9.73. The summed E-state index contributed by atoms with van der Waals surface area (Å²) in [5, 5.41) is 7.74. The number of hydrogen-bond acceptors (Lipinski definition) is 3. The first-order valence-electron chi connectivity index (χ1n) is 8.04. The van der Waals surface area contributed by atoms with Crippen molar-refractivity contribution >= 4 is 12.4 Å². The molecule has 24 heavy (non-hydrogen) atoms. The SMILES string of the molecule is Cl.c1ccc(-c2ccc(OCCCCCn3ccnn3)cc2)cc1. The van der Waals surface area contributed by atoms with Crippen molar-refractivity contribution in [1.82, 2.24) is 15.0 Å². The summed E-state index contributed by atoms with van der Waals surface area (Å²) in [6, 6.07) is 18.7. The monoisotopic (exact) mass is 343 g/mol. The van der Waals surface area contributed by atoms with Gasteiger partial charge in [0.15, 0.2) is 0 Å². The number of hydrogen-bond donors (Lipinski definition) is 0. The molecule has 3 aromatic rings. The smallest absolute Gasteiger partial charge is 0.119 e.